The van der Waals surface area contributed by atoms with E-state index in [1.807, 2.05) is 30.3 Å². The van der Waals surface area contributed by atoms with Crippen molar-refractivity contribution in [1.82, 2.24) is 5.48 Å². The van der Waals surface area contributed by atoms with Crippen LogP contribution in [0.15, 0.2) is 34.8 Å². The van der Waals surface area contributed by atoms with Crippen molar-refractivity contribution >= 4 is 26.7 Å². The fraction of sp³-hybridized carbons (Fsp3) is 0.167. The first-order chi connectivity index (χ1) is 7.76. The van der Waals surface area contributed by atoms with Gasteiger partial charge in [-0.25, -0.2) is 5.48 Å². The molecule has 0 saturated carbocycles. The summed E-state index contributed by atoms with van der Waals surface area (Å²) < 4.78 is 6.31. The number of hydrogen-bond acceptors (Lipinski definition) is 3. The van der Waals surface area contributed by atoms with E-state index in [4.69, 9.17) is 9.94 Å². The molecule has 16 heavy (non-hydrogen) atoms. The second-order valence-electron chi connectivity index (χ2n) is 3.45. The number of fused-ring (bicyclic) bond motifs is 1. The maximum Gasteiger partial charge on any atom is 0.124 e. The fourth-order valence-electron chi connectivity index (χ4n) is 1.80. The summed E-state index contributed by atoms with van der Waals surface area (Å²) in [7, 11) is 1.63. The molecule has 0 spiro atoms. The minimum Gasteiger partial charge on any atom is -0.496 e. The normalized spacial score (nSPS) is 10.7. The SMILES string of the molecule is COc1ccc2cc(Br)ccc2c1CNO. The average Bonchev–Trinajstić information content (AvgIpc) is 2.29. The van der Waals surface area contributed by atoms with Gasteiger partial charge in [0.2, 0.25) is 0 Å². The van der Waals surface area contributed by atoms with Crippen molar-refractivity contribution in [3.8, 4) is 5.75 Å². The summed E-state index contributed by atoms with van der Waals surface area (Å²) >= 11 is 3.44. The van der Waals surface area contributed by atoms with Crippen molar-refractivity contribution in [2.24, 2.45) is 0 Å². The summed E-state index contributed by atoms with van der Waals surface area (Å²) in [6.45, 7) is 0.363. The highest BCUT2D eigenvalue weighted by atomic mass is 79.9. The molecule has 0 unspecified atom stereocenters. The Hall–Kier alpha value is -1.10. The molecule has 2 N–H and O–H groups in total. The molecule has 0 fully saturated rings. The lowest BCUT2D eigenvalue weighted by Crippen LogP contribution is -2.08. The van der Waals surface area contributed by atoms with Crippen LogP contribution in [0.25, 0.3) is 10.8 Å². The molecule has 3 nitrogen and oxygen atoms in total. The van der Waals surface area contributed by atoms with Crippen LogP contribution in [0.1, 0.15) is 5.56 Å². The number of rotatable bonds is 3. The third kappa shape index (κ3) is 2.04. The lowest BCUT2D eigenvalue weighted by Gasteiger charge is -2.11. The quantitative estimate of drug-likeness (QED) is 0.850. The van der Waals surface area contributed by atoms with Crippen LogP contribution >= 0.6 is 15.9 Å². The van der Waals surface area contributed by atoms with Crippen LogP contribution in [0.5, 0.6) is 5.75 Å². The van der Waals surface area contributed by atoms with Gasteiger partial charge in [-0.2, -0.15) is 0 Å². The predicted molar refractivity (Wildman–Crippen MR) is 66.8 cm³/mol. The molecule has 0 heterocycles. The molecule has 84 valence electrons. The Balaban J connectivity index is 2.68. The van der Waals surface area contributed by atoms with Gasteiger partial charge in [-0.3, -0.25) is 0 Å². The molecule has 0 bridgehead atoms. The van der Waals surface area contributed by atoms with Crippen molar-refractivity contribution in [3.05, 3.63) is 40.4 Å². The highest BCUT2D eigenvalue weighted by molar-refractivity contribution is 9.10. The zero-order valence-electron chi connectivity index (χ0n) is 8.83. The van der Waals surface area contributed by atoms with Crippen molar-refractivity contribution in [3.63, 3.8) is 0 Å². The fourth-order valence-corrected chi connectivity index (χ4v) is 2.18. The van der Waals surface area contributed by atoms with Gasteiger partial charge in [0.1, 0.15) is 5.75 Å². The molecule has 0 radical (unpaired) electrons. The van der Waals surface area contributed by atoms with E-state index in [2.05, 4.69) is 21.4 Å². The Morgan fingerprint density at radius 1 is 1.31 bits per heavy atom. The van der Waals surface area contributed by atoms with Crippen LogP contribution < -0.4 is 10.2 Å². The summed E-state index contributed by atoms with van der Waals surface area (Å²) in [5.74, 6) is 0.774. The summed E-state index contributed by atoms with van der Waals surface area (Å²) in [6, 6.07) is 9.92. The Morgan fingerprint density at radius 2 is 2.12 bits per heavy atom. The summed E-state index contributed by atoms with van der Waals surface area (Å²) in [5, 5.41) is 11.0. The second kappa shape index (κ2) is 4.82. The Kier molecular flexibility index (Phi) is 3.43. The zero-order valence-corrected chi connectivity index (χ0v) is 10.4. The average molecular weight is 282 g/mol. The van der Waals surface area contributed by atoms with Crippen molar-refractivity contribution < 1.29 is 9.94 Å². The monoisotopic (exact) mass is 281 g/mol. The number of methoxy groups -OCH3 is 1. The molecule has 2 aromatic rings. The van der Waals surface area contributed by atoms with E-state index in [9.17, 15) is 0 Å². The van der Waals surface area contributed by atoms with Crippen molar-refractivity contribution in [2.45, 2.75) is 6.54 Å². The number of benzene rings is 2. The third-order valence-electron chi connectivity index (χ3n) is 2.53. The second-order valence-corrected chi connectivity index (χ2v) is 4.36. The smallest absolute Gasteiger partial charge is 0.124 e. The van der Waals surface area contributed by atoms with E-state index in [1.54, 1.807) is 7.11 Å². The topological polar surface area (TPSA) is 41.5 Å². The first kappa shape index (κ1) is 11.4. The van der Waals surface area contributed by atoms with E-state index in [-0.39, 0.29) is 0 Å². The molecule has 2 aromatic carbocycles. The number of nitrogens with one attached hydrogen (secondary N) is 1. The molecule has 0 saturated heterocycles. The first-order valence-electron chi connectivity index (χ1n) is 4.88. The Bertz CT molecular complexity index is 514. The number of hydroxylamine groups is 1. The van der Waals surface area contributed by atoms with Crippen LogP contribution in [0.4, 0.5) is 0 Å². The Morgan fingerprint density at radius 3 is 2.81 bits per heavy atom. The zero-order chi connectivity index (χ0) is 11.5. The van der Waals surface area contributed by atoms with Gasteiger partial charge in [0.15, 0.2) is 0 Å². The molecule has 0 atom stereocenters. The summed E-state index contributed by atoms with van der Waals surface area (Å²) in [5.41, 5.74) is 3.13. The van der Waals surface area contributed by atoms with Crippen LogP contribution in [0, 0.1) is 0 Å². The molecular formula is C12H12BrNO2. The molecule has 0 aliphatic carbocycles. The molecule has 0 aliphatic heterocycles. The summed E-state index contributed by atoms with van der Waals surface area (Å²) in [4.78, 5) is 0. The van der Waals surface area contributed by atoms with E-state index in [0.717, 1.165) is 26.6 Å². The van der Waals surface area contributed by atoms with Gasteiger partial charge in [-0.05, 0) is 29.0 Å². The van der Waals surface area contributed by atoms with Gasteiger partial charge in [0.05, 0.1) is 13.7 Å². The number of hydrogen-bond donors (Lipinski definition) is 2. The lowest BCUT2D eigenvalue weighted by molar-refractivity contribution is 0.160. The highest BCUT2D eigenvalue weighted by Crippen LogP contribution is 2.29. The minimum absolute atomic E-state index is 0.363. The molecule has 0 aromatic heterocycles. The van der Waals surface area contributed by atoms with Gasteiger partial charge in [-0.15, -0.1) is 0 Å². The van der Waals surface area contributed by atoms with Gasteiger partial charge < -0.3 is 9.94 Å². The van der Waals surface area contributed by atoms with Crippen LogP contribution in [-0.2, 0) is 6.54 Å². The maximum atomic E-state index is 8.84. The van der Waals surface area contributed by atoms with E-state index >= 15 is 0 Å². The standard InChI is InChI=1S/C12H12BrNO2/c1-16-12-5-2-8-6-9(13)3-4-10(8)11(12)7-14-15/h2-6,14-15H,7H2,1H3. The molecule has 0 amide bonds. The van der Waals surface area contributed by atoms with Crippen molar-refractivity contribution in [2.75, 3.05) is 7.11 Å². The van der Waals surface area contributed by atoms with Crippen molar-refractivity contribution in [1.29, 1.82) is 0 Å². The molecule has 2 rings (SSSR count). The number of ether oxygens (including phenoxy) is 1. The predicted octanol–water partition coefficient (Wildman–Crippen LogP) is 3.09. The largest absolute Gasteiger partial charge is 0.496 e. The Labute approximate surface area is 102 Å². The summed E-state index contributed by atoms with van der Waals surface area (Å²) in [6.07, 6.45) is 0. The lowest BCUT2D eigenvalue weighted by atomic mass is 10.0. The van der Waals surface area contributed by atoms with Gasteiger partial charge >= 0.3 is 0 Å². The molecule has 4 heteroatoms. The van der Waals surface area contributed by atoms with E-state index < -0.39 is 0 Å². The third-order valence-corrected chi connectivity index (χ3v) is 3.02. The van der Waals surface area contributed by atoms with E-state index in [0.29, 0.717) is 6.54 Å². The van der Waals surface area contributed by atoms with Crippen LogP contribution in [0.2, 0.25) is 0 Å². The maximum absolute atomic E-state index is 8.84. The van der Waals surface area contributed by atoms with Crippen LogP contribution in [-0.4, -0.2) is 12.3 Å². The highest BCUT2D eigenvalue weighted by Gasteiger charge is 2.07. The van der Waals surface area contributed by atoms with Gasteiger partial charge in [-0.1, -0.05) is 28.1 Å². The first-order valence-corrected chi connectivity index (χ1v) is 5.67. The number of halogens is 1. The van der Waals surface area contributed by atoms with Gasteiger partial charge in [0, 0.05) is 10.0 Å². The van der Waals surface area contributed by atoms with E-state index in [1.165, 1.54) is 0 Å². The molecular weight excluding hydrogens is 270 g/mol. The van der Waals surface area contributed by atoms with Gasteiger partial charge in [0.25, 0.3) is 0 Å². The molecule has 0 aliphatic rings. The minimum atomic E-state index is 0.363. The van der Waals surface area contributed by atoms with Crippen LogP contribution in [0.3, 0.4) is 0 Å².